The standard InChI is InChI=1S/C17H13N9O2S/c1-10-20-17(29-25-10)24-21-11-5-6-12(27)15(16(11)28)23-22-14-7-9-19-26(14)13-4-2-3-8-18-13/h2-9,22H,1H3,(H,20,24,25)/b21-11+,23-15+. The lowest BCUT2D eigenvalue weighted by Gasteiger charge is -2.04. The van der Waals surface area contributed by atoms with Gasteiger partial charge in [0, 0.05) is 23.8 Å². The Morgan fingerprint density at radius 2 is 1.93 bits per heavy atom. The topological polar surface area (TPSA) is 139 Å². The Hall–Kier alpha value is -4.06. The smallest absolute Gasteiger partial charge is 0.237 e. The van der Waals surface area contributed by atoms with Crippen LogP contribution in [-0.4, -0.2) is 24.1 Å². The summed E-state index contributed by atoms with van der Waals surface area (Å²) in [7, 11) is 0. The Morgan fingerprint density at radius 3 is 2.69 bits per heavy atom. The van der Waals surface area contributed by atoms with Crippen LogP contribution >= 0.6 is 11.5 Å². The van der Waals surface area contributed by atoms with Crippen LogP contribution in [0.3, 0.4) is 0 Å². The zero-order valence-corrected chi connectivity index (χ0v) is 15.8. The Morgan fingerprint density at radius 1 is 1.03 bits per heavy atom. The van der Waals surface area contributed by atoms with Gasteiger partial charge in [-0.25, -0.2) is 9.97 Å². The summed E-state index contributed by atoms with van der Waals surface area (Å²) in [5.74, 6) is 1.59. The fraction of sp³-hybridized carbons (Fsp3) is 0.0588. The largest absolute Gasteiger partial charge is 0.287 e. The van der Waals surface area contributed by atoms with Gasteiger partial charge in [-0.3, -0.25) is 20.4 Å². The lowest BCUT2D eigenvalue weighted by molar-refractivity contribution is 0.846. The molecule has 11 nitrogen and oxygen atoms in total. The van der Waals surface area contributed by atoms with Crippen molar-refractivity contribution in [1.82, 2.24) is 24.1 Å². The summed E-state index contributed by atoms with van der Waals surface area (Å²) < 4.78 is 5.50. The summed E-state index contributed by atoms with van der Waals surface area (Å²) in [4.78, 5) is 33.0. The molecule has 29 heavy (non-hydrogen) atoms. The van der Waals surface area contributed by atoms with E-state index in [1.165, 1.54) is 16.8 Å². The molecule has 1 aromatic carbocycles. The van der Waals surface area contributed by atoms with E-state index in [-0.39, 0.29) is 10.7 Å². The molecule has 0 atom stereocenters. The molecule has 0 radical (unpaired) electrons. The lowest BCUT2D eigenvalue weighted by Crippen LogP contribution is -2.48. The summed E-state index contributed by atoms with van der Waals surface area (Å²) in [6.07, 6.45) is 3.17. The van der Waals surface area contributed by atoms with Gasteiger partial charge in [0.1, 0.15) is 11.2 Å². The third kappa shape index (κ3) is 3.96. The number of rotatable bonds is 5. The molecule has 4 aromatic rings. The van der Waals surface area contributed by atoms with E-state index in [4.69, 9.17) is 0 Å². The normalized spacial score (nSPS) is 12.3. The van der Waals surface area contributed by atoms with Crippen LogP contribution in [0.2, 0.25) is 0 Å². The second-order valence-electron chi connectivity index (χ2n) is 5.67. The van der Waals surface area contributed by atoms with Gasteiger partial charge in [0.2, 0.25) is 16.0 Å². The minimum absolute atomic E-state index is 0.0243. The number of hydrogen-bond acceptors (Lipinski definition) is 11. The van der Waals surface area contributed by atoms with E-state index >= 15 is 0 Å². The molecule has 0 saturated heterocycles. The van der Waals surface area contributed by atoms with Gasteiger partial charge in [0.25, 0.3) is 0 Å². The Kier molecular flexibility index (Phi) is 4.99. The van der Waals surface area contributed by atoms with Crippen molar-refractivity contribution in [3.63, 3.8) is 0 Å². The number of hydrogen-bond donors (Lipinski definition) is 2. The van der Waals surface area contributed by atoms with Gasteiger partial charge in [-0.15, -0.1) is 0 Å². The SMILES string of the molecule is Cc1nsc(N/N=c2\ccc(=O)/c(=N\Nc3ccnn3-c3ccccn3)c2=O)n1. The number of benzene rings is 1. The van der Waals surface area contributed by atoms with Gasteiger partial charge < -0.3 is 0 Å². The summed E-state index contributed by atoms with van der Waals surface area (Å²) in [6.45, 7) is 1.74. The number of aryl methyl sites for hydroxylation is 1. The molecule has 0 unspecified atom stereocenters. The number of nitrogens with zero attached hydrogens (tertiary/aromatic N) is 7. The molecular weight excluding hydrogens is 394 g/mol. The van der Waals surface area contributed by atoms with E-state index in [9.17, 15) is 9.59 Å². The van der Waals surface area contributed by atoms with Crippen molar-refractivity contribution in [3.8, 4) is 5.82 Å². The molecule has 12 heteroatoms. The minimum Gasteiger partial charge on any atom is -0.287 e. The first-order valence-electron chi connectivity index (χ1n) is 8.32. The lowest BCUT2D eigenvalue weighted by atomic mass is 10.3. The van der Waals surface area contributed by atoms with Crippen molar-refractivity contribution in [2.24, 2.45) is 10.2 Å². The maximum atomic E-state index is 12.6. The maximum absolute atomic E-state index is 12.6. The zero-order chi connectivity index (χ0) is 20.2. The molecule has 2 N–H and O–H groups in total. The highest BCUT2D eigenvalue weighted by molar-refractivity contribution is 7.09. The molecule has 3 aromatic heterocycles. The Labute approximate surface area is 166 Å². The maximum Gasteiger partial charge on any atom is 0.237 e. The van der Waals surface area contributed by atoms with Crippen LogP contribution in [0.5, 0.6) is 0 Å². The number of aromatic nitrogens is 5. The summed E-state index contributed by atoms with van der Waals surface area (Å²) in [5.41, 5.74) is 4.20. The summed E-state index contributed by atoms with van der Waals surface area (Å²) >= 11 is 1.11. The molecule has 0 aliphatic carbocycles. The first kappa shape index (κ1) is 18.3. The fourth-order valence-electron chi connectivity index (χ4n) is 2.35. The van der Waals surface area contributed by atoms with Crippen molar-refractivity contribution in [3.05, 3.63) is 85.8 Å². The highest BCUT2D eigenvalue weighted by Crippen LogP contribution is 2.11. The van der Waals surface area contributed by atoms with Crippen LogP contribution in [0.4, 0.5) is 10.9 Å². The molecule has 144 valence electrons. The molecule has 0 aliphatic heterocycles. The zero-order valence-electron chi connectivity index (χ0n) is 15.0. The number of anilines is 2. The molecule has 0 amide bonds. The third-order valence-electron chi connectivity index (χ3n) is 3.66. The number of pyridine rings is 1. The predicted molar refractivity (Wildman–Crippen MR) is 106 cm³/mol. The first-order chi connectivity index (χ1) is 14.1. The molecule has 0 saturated carbocycles. The third-order valence-corrected chi connectivity index (χ3v) is 4.38. The fourth-order valence-corrected chi connectivity index (χ4v) is 2.87. The highest BCUT2D eigenvalue weighted by atomic mass is 32.1. The van der Waals surface area contributed by atoms with Crippen LogP contribution < -0.4 is 32.4 Å². The monoisotopic (exact) mass is 407 g/mol. The average molecular weight is 407 g/mol. The van der Waals surface area contributed by atoms with Gasteiger partial charge in [-0.05, 0) is 31.2 Å². The minimum atomic E-state index is -0.623. The predicted octanol–water partition coefficient (Wildman–Crippen LogP) is -0.121. The Bertz CT molecular complexity index is 1370. The van der Waals surface area contributed by atoms with Crippen LogP contribution in [-0.2, 0) is 0 Å². The molecule has 0 bridgehead atoms. The van der Waals surface area contributed by atoms with Gasteiger partial charge in [0.15, 0.2) is 17.0 Å². The molecule has 0 aliphatic rings. The van der Waals surface area contributed by atoms with Gasteiger partial charge >= 0.3 is 0 Å². The van der Waals surface area contributed by atoms with Crippen molar-refractivity contribution in [1.29, 1.82) is 0 Å². The van der Waals surface area contributed by atoms with E-state index in [2.05, 4.69) is 40.5 Å². The molecule has 0 fully saturated rings. The number of nitrogens with one attached hydrogen (secondary N) is 2. The van der Waals surface area contributed by atoms with E-state index < -0.39 is 10.9 Å². The summed E-state index contributed by atoms with van der Waals surface area (Å²) in [5, 5.41) is 12.3. The van der Waals surface area contributed by atoms with Crippen LogP contribution in [0.1, 0.15) is 5.82 Å². The van der Waals surface area contributed by atoms with Crippen LogP contribution in [0.25, 0.3) is 5.82 Å². The van der Waals surface area contributed by atoms with Gasteiger partial charge in [-0.1, -0.05) is 6.07 Å². The van der Waals surface area contributed by atoms with Crippen LogP contribution in [0, 0.1) is 6.92 Å². The first-order valence-corrected chi connectivity index (χ1v) is 9.09. The van der Waals surface area contributed by atoms with E-state index in [0.717, 1.165) is 11.5 Å². The van der Waals surface area contributed by atoms with Gasteiger partial charge in [0.05, 0.1) is 6.20 Å². The highest BCUT2D eigenvalue weighted by Gasteiger charge is 2.06. The second-order valence-corrected chi connectivity index (χ2v) is 6.42. The van der Waals surface area contributed by atoms with E-state index in [1.807, 2.05) is 6.07 Å². The molecule has 4 rings (SSSR count). The van der Waals surface area contributed by atoms with Crippen molar-refractivity contribution in [2.45, 2.75) is 6.92 Å². The van der Waals surface area contributed by atoms with E-state index in [1.54, 1.807) is 37.5 Å². The molecule has 0 spiro atoms. The second kappa shape index (κ2) is 7.90. The molecular formula is C17H13N9O2S. The van der Waals surface area contributed by atoms with E-state index in [0.29, 0.717) is 22.6 Å². The van der Waals surface area contributed by atoms with Crippen molar-refractivity contribution < 1.29 is 0 Å². The average Bonchev–Trinajstić information content (AvgIpc) is 3.37. The van der Waals surface area contributed by atoms with Gasteiger partial charge in [-0.2, -0.15) is 24.4 Å². The van der Waals surface area contributed by atoms with Crippen molar-refractivity contribution in [2.75, 3.05) is 10.9 Å². The summed E-state index contributed by atoms with van der Waals surface area (Å²) in [6, 6.07) is 9.54. The van der Waals surface area contributed by atoms with Crippen LogP contribution in [0.15, 0.2) is 68.6 Å². The van der Waals surface area contributed by atoms with Crippen molar-refractivity contribution >= 4 is 22.5 Å². The quantitative estimate of drug-likeness (QED) is 0.437. The Balaban J connectivity index is 1.68. The molecule has 3 heterocycles.